The van der Waals surface area contributed by atoms with Crippen LogP contribution in [0.4, 0.5) is 0 Å². The van der Waals surface area contributed by atoms with E-state index in [-0.39, 0.29) is 11.6 Å². The van der Waals surface area contributed by atoms with Gasteiger partial charge in [-0.3, -0.25) is 0 Å². The maximum absolute atomic E-state index is 12.6. The minimum absolute atomic E-state index is 0.103. The smallest absolute Gasteiger partial charge is 0.214 e. The number of hydrogen-bond acceptors (Lipinski definition) is 3. The molecule has 2 heterocycles. The Labute approximate surface area is 115 Å². The number of hydrogen-bond donors (Lipinski definition) is 0. The molecule has 2 saturated carbocycles. The predicted molar refractivity (Wildman–Crippen MR) is 72.3 cm³/mol. The Morgan fingerprint density at radius 2 is 1.95 bits per heavy atom. The van der Waals surface area contributed by atoms with Crippen molar-refractivity contribution in [1.29, 1.82) is 0 Å². The summed E-state index contributed by atoms with van der Waals surface area (Å²) in [5.74, 6) is 1.38. The van der Waals surface area contributed by atoms with Crippen LogP contribution in [0.3, 0.4) is 0 Å². The van der Waals surface area contributed by atoms with Crippen LogP contribution >= 0.6 is 0 Å². The Bertz CT molecular complexity index is 461. The minimum atomic E-state index is -3.05. The van der Waals surface area contributed by atoms with Crippen LogP contribution in [0.1, 0.15) is 44.9 Å². The molecule has 5 heteroatoms. The molecule has 19 heavy (non-hydrogen) atoms. The van der Waals surface area contributed by atoms with Crippen LogP contribution in [-0.2, 0) is 14.8 Å². The zero-order valence-electron chi connectivity index (χ0n) is 11.4. The average molecular weight is 285 g/mol. The van der Waals surface area contributed by atoms with Gasteiger partial charge in [-0.15, -0.1) is 0 Å². The second-order valence-electron chi connectivity index (χ2n) is 6.92. The molecule has 108 valence electrons. The van der Waals surface area contributed by atoms with Gasteiger partial charge < -0.3 is 4.74 Å². The highest BCUT2D eigenvalue weighted by Gasteiger charge is 2.63. The number of sulfonamides is 1. The van der Waals surface area contributed by atoms with Gasteiger partial charge in [0.1, 0.15) is 0 Å². The van der Waals surface area contributed by atoms with Crippen molar-refractivity contribution in [3.63, 3.8) is 0 Å². The topological polar surface area (TPSA) is 46.6 Å². The molecule has 4 fully saturated rings. The standard InChI is InChI=1S/C14H23NO3S/c16-19(17,9-11-3-1-4-11)15-10-14(7-2-8-18-14)13(15)12-5-6-12/h11-13H,1-10H2. The summed E-state index contributed by atoms with van der Waals surface area (Å²) in [6, 6.07) is 0.167. The lowest BCUT2D eigenvalue weighted by molar-refractivity contribution is -0.132. The normalized spacial score (nSPS) is 40.3. The van der Waals surface area contributed by atoms with E-state index in [1.807, 2.05) is 0 Å². The Balaban J connectivity index is 1.51. The molecule has 2 saturated heterocycles. The summed E-state index contributed by atoms with van der Waals surface area (Å²) in [7, 11) is -3.05. The lowest BCUT2D eigenvalue weighted by Crippen LogP contribution is -2.72. The average Bonchev–Trinajstić information content (AvgIpc) is 2.95. The quantitative estimate of drug-likeness (QED) is 0.791. The van der Waals surface area contributed by atoms with Gasteiger partial charge in [-0.1, -0.05) is 6.42 Å². The van der Waals surface area contributed by atoms with Crippen molar-refractivity contribution in [2.24, 2.45) is 11.8 Å². The molecule has 2 atom stereocenters. The highest BCUT2D eigenvalue weighted by atomic mass is 32.2. The molecule has 2 aliphatic heterocycles. The van der Waals surface area contributed by atoms with E-state index in [4.69, 9.17) is 4.74 Å². The van der Waals surface area contributed by atoms with Crippen LogP contribution in [-0.4, -0.2) is 43.3 Å². The number of nitrogens with zero attached hydrogens (tertiary/aromatic N) is 1. The van der Waals surface area contributed by atoms with E-state index in [9.17, 15) is 8.42 Å². The van der Waals surface area contributed by atoms with Crippen LogP contribution in [0, 0.1) is 11.8 Å². The van der Waals surface area contributed by atoms with E-state index in [2.05, 4.69) is 0 Å². The molecule has 0 bridgehead atoms. The Hall–Kier alpha value is -0.130. The van der Waals surface area contributed by atoms with Crippen molar-refractivity contribution in [2.75, 3.05) is 18.9 Å². The molecular weight excluding hydrogens is 262 g/mol. The van der Waals surface area contributed by atoms with E-state index >= 15 is 0 Å². The van der Waals surface area contributed by atoms with Crippen LogP contribution < -0.4 is 0 Å². The molecule has 4 rings (SSSR count). The third-order valence-corrected chi connectivity index (χ3v) is 7.47. The van der Waals surface area contributed by atoms with E-state index < -0.39 is 10.0 Å². The first-order valence-electron chi connectivity index (χ1n) is 7.74. The summed E-state index contributed by atoms with van der Waals surface area (Å²) < 4.78 is 32.9. The van der Waals surface area contributed by atoms with Crippen molar-refractivity contribution < 1.29 is 13.2 Å². The molecule has 0 amide bonds. The number of rotatable bonds is 4. The lowest BCUT2D eigenvalue weighted by Gasteiger charge is -2.54. The second-order valence-corrected chi connectivity index (χ2v) is 8.89. The van der Waals surface area contributed by atoms with E-state index in [0.29, 0.717) is 24.1 Å². The number of ether oxygens (including phenoxy) is 1. The van der Waals surface area contributed by atoms with Crippen LogP contribution in [0.15, 0.2) is 0 Å². The maximum atomic E-state index is 12.6. The molecule has 4 nitrogen and oxygen atoms in total. The van der Waals surface area contributed by atoms with Crippen molar-refractivity contribution >= 4 is 10.0 Å². The molecule has 0 aromatic rings. The maximum Gasteiger partial charge on any atom is 0.214 e. The lowest BCUT2D eigenvalue weighted by atomic mass is 9.80. The van der Waals surface area contributed by atoms with Gasteiger partial charge in [0.25, 0.3) is 0 Å². The molecule has 4 aliphatic rings. The fourth-order valence-corrected chi connectivity index (χ4v) is 6.33. The van der Waals surface area contributed by atoms with Crippen molar-refractivity contribution in [1.82, 2.24) is 4.31 Å². The summed E-state index contributed by atoms with van der Waals surface area (Å²) in [4.78, 5) is 0. The Morgan fingerprint density at radius 1 is 1.16 bits per heavy atom. The zero-order chi connectivity index (χ0) is 13.1. The van der Waals surface area contributed by atoms with Crippen molar-refractivity contribution in [3.05, 3.63) is 0 Å². The van der Waals surface area contributed by atoms with Crippen LogP contribution in [0.5, 0.6) is 0 Å². The van der Waals surface area contributed by atoms with Gasteiger partial charge in [-0.05, 0) is 50.4 Å². The van der Waals surface area contributed by atoms with Gasteiger partial charge in [0, 0.05) is 13.2 Å². The van der Waals surface area contributed by atoms with Gasteiger partial charge in [-0.25, -0.2) is 8.42 Å². The molecule has 0 N–H and O–H groups in total. The Morgan fingerprint density at radius 3 is 2.47 bits per heavy atom. The Kier molecular flexibility index (Phi) is 2.77. The van der Waals surface area contributed by atoms with Gasteiger partial charge in [0.05, 0.1) is 17.4 Å². The molecular formula is C14H23NO3S. The fourth-order valence-electron chi connectivity index (χ4n) is 4.08. The van der Waals surface area contributed by atoms with E-state index in [1.54, 1.807) is 4.31 Å². The van der Waals surface area contributed by atoms with Crippen molar-refractivity contribution in [3.8, 4) is 0 Å². The third-order valence-electron chi connectivity index (χ3n) is 5.50. The highest BCUT2D eigenvalue weighted by Crippen LogP contribution is 2.52. The fraction of sp³-hybridized carbons (Fsp3) is 1.00. The molecule has 0 aromatic heterocycles. The first kappa shape index (κ1) is 12.6. The van der Waals surface area contributed by atoms with E-state index in [1.165, 1.54) is 19.3 Å². The minimum Gasteiger partial charge on any atom is -0.372 e. The first-order valence-corrected chi connectivity index (χ1v) is 9.35. The van der Waals surface area contributed by atoms with Crippen molar-refractivity contribution in [2.45, 2.75) is 56.6 Å². The monoisotopic (exact) mass is 285 g/mol. The van der Waals surface area contributed by atoms with Gasteiger partial charge in [0.15, 0.2) is 0 Å². The third kappa shape index (κ3) is 1.96. The highest BCUT2D eigenvalue weighted by molar-refractivity contribution is 7.89. The van der Waals surface area contributed by atoms with Crippen LogP contribution in [0.25, 0.3) is 0 Å². The SMILES string of the molecule is O=S(=O)(CC1CCC1)N1CC2(CCCO2)C1C1CC1. The second kappa shape index (κ2) is 4.18. The molecule has 0 aromatic carbocycles. The van der Waals surface area contributed by atoms with Crippen LogP contribution in [0.2, 0.25) is 0 Å². The van der Waals surface area contributed by atoms with Gasteiger partial charge >= 0.3 is 0 Å². The first-order chi connectivity index (χ1) is 9.11. The largest absolute Gasteiger partial charge is 0.372 e. The summed E-state index contributed by atoms with van der Waals surface area (Å²) in [6.07, 6.45) is 7.94. The summed E-state index contributed by atoms with van der Waals surface area (Å²) in [6.45, 7) is 1.45. The summed E-state index contributed by atoms with van der Waals surface area (Å²) in [5, 5.41) is 0. The molecule has 0 radical (unpaired) electrons. The summed E-state index contributed by atoms with van der Waals surface area (Å²) in [5.41, 5.74) is -0.103. The molecule has 2 aliphatic carbocycles. The molecule has 2 unspecified atom stereocenters. The molecule has 1 spiro atoms. The van der Waals surface area contributed by atoms with E-state index in [0.717, 1.165) is 32.3 Å². The predicted octanol–water partition coefficient (Wildman–Crippen LogP) is 1.76. The summed E-state index contributed by atoms with van der Waals surface area (Å²) >= 11 is 0. The van der Waals surface area contributed by atoms with Gasteiger partial charge in [-0.2, -0.15) is 4.31 Å². The van der Waals surface area contributed by atoms with Gasteiger partial charge in [0.2, 0.25) is 10.0 Å². The zero-order valence-corrected chi connectivity index (χ0v) is 12.2.